The lowest BCUT2D eigenvalue weighted by molar-refractivity contribution is 0.506. The molecular weight excluding hydrogens is 865 g/mol. The van der Waals surface area contributed by atoms with Gasteiger partial charge in [0.05, 0.1) is 0 Å². The summed E-state index contributed by atoms with van der Waals surface area (Å²) in [5, 5.41) is 0. The Bertz CT molecular complexity index is 866. The van der Waals surface area contributed by atoms with E-state index < -0.39 is 0 Å². The number of allylic oxidation sites excluding steroid dienone is 4. The highest BCUT2D eigenvalue weighted by Gasteiger charge is 2.01. The molecule has 0 amide bonds. The maximum absolute atomic E-state index is 2.32. The third-order valence-corrected chi connectivity index (χ3v) is 17.0. The normalized spacial score (nSPS) is 12.0. The second-order valence-electron chi connectivity index (χ2n) is 24.3. The van der Waals surface area contributed by atoms with Crippen LogP contribution in [0.25, 0.3) is 0 Å². The van der Waals surface area contributed by atoms with Gasteiger partial charge < -0.3 is 0 Å². The van der Waals surface area contributed by atoms with Crippen molar-refractivity contribution < 1.29 is 0 Å². The fraction of sp³-hybridized carbons (Fsp3) is 0.944. The second-order valence-corrected chi connectivity index (χ2v) is 24.3. The molecule has 0 aromatic carbocycles. The van der Waals surface area contributed by atoms with Crippen molar-refractivity contribution in [1.82, 2.24) is 0 Å². The monoisotopic (exact) mass is 1010 g/mol. The quantitative estimate of drug-likeness (QED) is 0.0421. The first-order chi connectivity index (χ1) is 35.9. The van der Waals surface area contributed by atoms with E-state index in [1.54, 1.807) is 0 Å². The smallest absolute Gasteiger partial charge is 0.0351 e. The second kappa shape index (κ2) is 70.5. The lowest BCUT2D eigenvalue weighted by Crippen LogP contribution is -1.85. The van der Waals surface area contributed by atoms with Crippen LogP contribution in [0.1, 0.15) is 438 Å². The lowest BCUT2D eigenvalue weighted by Gasteiger charge is -2.05. The Morgan fingerprint density at radius 1 is 0.111 bits per heavy atom. The summed E-state index contributed by atoms with van der Waals surface area (Å²) in [7, 11) is 0. The van der Waals surface area contributed by atoms with Crippen molar-refractivity contribution in [1.29, 1.82) is 0 Å². The van der Waals surface area contributed by atoms with Gasteiger partial charge in [0.2, 0.25) is 0 Å². The fourth-order valence-electron chi connectivity index (χ4n) is 11.8. The van der Waals surface area contributed by atoms with Gasteiger partial charge in [0.1, 0.15) is 0 Å². The van der Waals surface area contributed by atoms with Gasteiger partial charge in [0.25, 0.3) is 0 Å². The molecule has 0 aliphatic rings. The zero-order valence-corrected chi connectivity index (χ0v) is 51.0. The minimum absolute atomic E-state index is 1.29. The van der Waals surface area contributed by atoms with E-state index in [0.29, 0.717) is 0 Å². The summed E-state index contributed by atoms with van der Waals surface area (Å²) in [6.07, 6.45) is 107. The molecule has 0 radical (unpaired) electrons. The Labute approximate surface area is 459 Å². The molecule has 0 nitrogen and oxygen atoms in total. The van der Waals surface area contributed by atoms with Crippen LogP contribution in [0, 0.1) is 0 Å². The Kier molecular flexibility index (Phi) is 70.0. The molecule has 0 spiro atoms. The van der Waals surface area contributed by atoms with Crippen LogP contribution in [0.5, 0.6) is 0 Å². The molecule has 0 aliphatic heterocycles. The average molecular weight is 1010 g/mol. The van der Waals surface area contributed by atoms with E-state index in [0.717, 1.165) is 0 Å². The van der Waals surface area contributed by atoms with Crippen LogP contribution in [0.2, 0.25) is 0 Å². The molecule has 0 atom stereocenters. The maximum Gasteiger partial charge on any atom is -0.0351 e. The van der Waals surface area contributed by atoms with Crippen molar-refractivity contribution in [2.45, 2.75) is 438 Å². The maximum atomic E-state index is 2.32. The molecular formula is C72H142. The molecule has 430 valence electrons. The number of hydrogen-bond acceptors (Lipinski definition) is 0. The van der Waals surface area contributed by atoms with Crippen LogP contribution >= 0.6 is 0 Å². The van der Waals surface area contributed by atoms with Crippen molar-refractivity contribution in [3.8, 4) is 0 Å². The summed E-state index contributed by atoms with van der Waals surface area (Å²) in [5.41, 5.74) is 0. The van der Waals surface area contributed by atoms with Crippen molar-refractivity contribution >= 4 is 0 Å². The molecule has 0 heteroatoms. The molecule has 0 saturated heterocycles. The highest BCUT2D eigenvalue weighted by atomic mass is 14.1. The first-order valence-electron chi connectivity index (χ1n) is 35.1. The highest BCUT2D eigenvalue weighted by Crippen LogP contribution is 2.20. The van der Waals surface area contributed by atoms with Gasteiger partial charge in [0, 0.05) is 0 Å². The van der Waals surface area contributed by atoms with Crippen molar-refractivity contribution in [3.63, 3.8) is 0 Å². The minimum atomic E-state index is 1.29. The Morgan fingerprint density at radius 2 is 0.181 bits per heavy atom. The molecule has 0 aromatic heterocycles. The number of hydrogen-bond donors (Lipinski definition) is 0. The first-order valence-corrected chi connectivity index (χ1v) is 35.1. The third-order valence-electron chi connectivity index (χ3n) is 17.0. The Morgan fingerprint density at radius 3 is 0.250 bits per heavy atom. The summed E-state index contributed by atoms with van der Waals surface area (Å²) in [6.45, 7) is 4.27. The zero-order valence-electron chi connectivity index (χ0n) is 51.0. The molecule has 0 unspecified atom stereocenters. The van der Waals surface area contributed by atoms with E-state index in [-0.39, 0.29) is 0 Å². The van der Waals surface area contributed by atoms with Crippen molar-refractivity contribution in [2.24, 2.45) is 0 Å². The van der Waals surface area contributed by atoms with Gasteiger partial charge in [0.15, 0.2) is 0 Å². The van der Waals surface area contributed by atoms with E-state index in [1.165, 1.54) is 424 Å². The topological polar surface area (TPSA) is 0 Å². The summed E-state index contributed by atoms with van der Waals surface area (Å²) < 4.78 is 0. The van der Waals surface area contributed by atoms with E-state index in [4.69, 9.17) is 0 Å². The highest BCUT2D eigenvalue weighted by molar-refractivity contribution is 4.76. The van der Waals surface area contributed by atoms with E-state index >= 15 is 0 Å². The molecule has 0 heterocycles. The van der Waals surface area contributed by atoms with Crippen molar-refractivity contribution in [2.75, 3.05) is 0 Å². The Balaban J connectivity index is 3.08. The van der Waals surface area contributed by atoms with Gasteiger partial charge in [-0.3, -0.25) is 0 Å². The van der Waals surface area contributed by atoms with Gasteiger partial charge in [-0.2, -0.15) is 0 Å². The molecule has 0 fully saturated rings. The molecule has 0 saturated carbocycles. The van der Waals surface area contributed by atoms with Gasteiger partial charge >= 0.3 is 0 Å². The van der Waals surface area contributed by atoms with E-state index in [1.807, 2.05) is 0 Å². The molecule has 0 bridgehead atoms. The lowest BCUT2D eigenvalue weighted by atomic mass is 10.0. The summed E-state index contributed by atoms with van der Waals surface area (Å²) >= 11 is 0. The van der Waals surface area contributed by atoms with Crippen LogP contribution < -0.4 is 0 Å². The zero-order chi connectivity index (χ0) is 51.5. The molecule has 0 aliphatic carbocycles. The van der Waals surface area contributed by atoms with E-state index in [2.05, 4.69) is 38.2 Å². The first kappa shape index (κ1) is 71.5. The third kappa shape index (κ3) is 69.5. The van der Waals surface area contributed by atoms with Crippen LogP contribution in [-0.4, -0.2) is 0 Å². The summed E-state index contributed by atoms with van der Waals surface area (Å²) in [4.78, 5) is 0. The van der Waals surface area contributed by atoms with Crippen molar-refractivity contribution in [3.05, 3.63) is 24.3 Å². The molecule has 0 rings (SSSR count). The number of rotatable bonds is 67. The molecule has 72 heavy (non-hydrogen) atoms. The van der Waals surface area contributed by atoms with Crippen LogP contribution in [0.4, 0.5) is 0 Å². The summed E-state index contributed by atoms with van der Waals surface area (Å²) in [6, 6.07) is 0. The van der Waals surface area contributed by atoms with Gasteiger partial charge in [-0.1, -0.05) is 422 Å². The predicted octanol–water partition coefficient (Wildman–Crippen LogP) is 27.9. The van der Waals surface area contributed by atoms with Gasteiger partial charge in [-0.25, -0.2) is 0 Å². The predicted molar refractivity (Wildman–Crippen MR) is 334 cm³/mol. The van der Waals surface area contributed by atoms with Gasteiger partial charge in [-0.05, 0) is 39.5 Å². The number of unbranched alkanes of at least 4 members (excludes halogenated alkanes) is 65. The molecule has 0 aromatic rings. The van der Waals surface area contributed by atoms with Gasteiger partial charge in [-0.15, -0.1) is 0 Å². The standard InChI is InChI=1S/C72H142/c1-3-5-7-9-11-13-15-17-19-21-23-25-27-29-31-33-35-37-39-41-43-45-47-49-51-53-55-57-59-61-63-65-67-69-71-72-70-68-66-64-62-60-58-56-54-52-50-48-46-44-42-40-38-36-34-32-30-28-26-24-22-20-18-16-14-12-10-8-6-4-2/h3-6H,7-72H2,1-2H3. The fourth-order valence-corrected chi connectivity index (χ4v) is 11.8. The SMILES string of the molecule is CC=CCCCCCCCCCCCCCCCCCCCCCCCCCCCCCCCCCCCCCCCCCCCCCCCCCCCCCCCCCCCCCCCCCCC=CC. The largest absolute Gasteiger partial charge is 0.0917 e. The summed E-state index contributed by atoms with van der Waals surface area (Å²) in [5.74, 6) is 0. The van der Waals surface area contributed by atoms with Crippen LogP contribution in [0.3, 0.4) is 0 Å². The molecule has 0 N–H and O–H groups in total. The van der Waals surface area contributed by atoms with Crippen LogP contribution in [0.15, 0.2) is 24.3 Å². The van der Waals surface area contributed by atoms with E-state index in [9.17, 15) is 0 Å². The average Bonchev–Trinajstić information content (AvgIpc) is 3.39. The minimum Gasteiger partial charge on any atom is -0.0917 e. The van der Waals surface area contributed by atoms with Crippen LogP contribution in [-0.2, 0) is 0 Å². The Hall–Kier alpha value is -0.520.